The summed E-state index contributed by atoms with van der Waals surface area (Å²) in [6, 6.07) is 5.92. The lowest BCUT2D eigenvalue weighted by atomic mass is 9.56. The highest BCUT2D eigenvalue weighted by Gasteiger charge is 2.85. The Balaban J connectivity index is 1.71. The van der Waals surface area contributed by atoms with E-state index in [4.69, 9.17) is 9.47 Å². The van der Waals surface area contributed by atoms with Crippen LogP contribution in [0.3, 0.4) is 0 Å². The zero-order valence-electron chi connectivity index (χ0n) is 15.4. The second kappa shape index (κ2) is 4.87. The summed E-state index contributed by atoms with van der Waals surface area (Å²) in [5.74, 6) is -0.487. The van der Waals surface area contributed by atoms with Crippen LogP contribution in [0.4, 0.5) is 5.69 Å². The van der Waals surface area contributed by atoms with Crippen LogP contribution in [-0.2, 0) is 14.3 Å². The molecule has 6 heteroatoms. The number of aryl methyl sites for hydroxylation is 2. The molecule has 140 valence electrons. The van der Waals surface area contributed by atoms with E-state index < -0.39 is 28.9 Å². The minimum absolute atomic E-state index is 0.205. The van der Waals surface area contributed by atoms with Gasteiger partial charge in [0.15, 0.2) is 0 Å². The third-order valence-electron chi connectivity index (χ3n) is 7.55. The molecule has 0 aliphatic carbocycles. The number of hydrogen-bond donors (Lipinski definition) is 2. The predicted octanol–water partition coefficient (Wildman–Crippen LogP) is 1.28. The van der Waals surface area contributed by atoms with Gasteiger partial charge in [0.2, 0.25) is 5.91 Å². The molecule has 2 bridgehead atoms. The maximum Gasteiger partial charge on any atom is 0.241 e. The summed E-state index contributed by atoms with van der Waals surface area (Å²) >= 11 is 0. The zero-order valence-corrected chi connectivity index (χ0v) is 15.4. The number of aliphatic hydroxyl groups is 2. The molecule has 6 atom stereocenters. The first kappa shape index (κ1) is 16.7. The van der Waals surface area contributed by atoms with Crippen molar-refractivity contribution in [2.45, 2.75) is 57.1 Å². The van der Waals surface area contributed by atoms with Crippen LogP contribution < -0.4 is 4.90 Å². The predicted molar refractivity (Wildman–Crippen MR) is 93.6 cm³/mol. The van der Waals surface area contributed by atoms with Gasteiger partial charge in [-0.15, -0.1) is 0 Å². The molecule has 5 rings (SSSR count). The van der Waals surface area contributed by atoms with E-state index in [0.717, 1.165) is 16.8 Å². The largest absolute Gasteiger partial charge is 0.395 e. The highest BCUT2D eigenvalue weighted by molar-refractivity contribution is 6.03. The molecule has 6 nitrogen and oxygen atoms in total. The number of benzene rings is 1. The number of carbonyl (C=O) groups is 1. The lowest BCUT2D eigenvalue weighted by Crippen LogP contribution is -2.61. The van der Waals surface area contributed by atoms with Crippen molar-refractivity contribution in [3.05, 3.63) is 29.3 Å². The Morgan fingerprint density at radius 2 is 2.08 bits per heavy atom. The number of nitrogens with zero attached hydrogens (tertiary/aromatic N) is 1. The molecular weight excluding hydrogens is 334 g/mol. The maximum atomic E-state index is 13.7. The topological polar surface area (TPSA) is 79.2 Å². The minimum Gasteiger partial charge on any atom is -0.395 e. The molecule has 4 aliphatic heterocycles. The number of rotatable bonds is 2. The summed E-state index contributed by atoms with van der Waals surface area (Å²) in [4.78, 5) is 15.4. The van der Waals surface area contributed by atoms with E-state index >= 15 is 0 Å². The second-order valence-corrected chi connectivity index (χ2v) is 8.56. The average Bonchev–Trinajstić information content (AvgIpc) is 3.11. The van der Waals surface area contributed by atoms with Gasteiger partial charge in [0.1, 0.15) is 17.2 Å². The van der Waals surface area contributed by atoms with Crippen LogP contribution in [-0.4, -0.2) is 52.9 Å². The molecule has 2 N–H and O–H groups in total. The Morgan fingerprint density at radius 1 is 1.31 bits per heavy atom. The van der Waals surface area contributed by atoms with Gasteiger partial charge in [-0.3, -0.25) is 9.69 Å². The molecule has 0 unspecified atom stereocenters. The first-order chi connectivity index (χ1) is 12.3. The fraction of sp³-hybridized carbons (Fsp3) is 0.650. The summed E-state index contributed by atoms with van der Waals surface area (Å²) in [6.45, 7) is 5.95. The van der Waals surface area contributed by atoms with Crippen molar-refractivity contribution in [2.75, 3.05) is 18.1 Å². The summed E-state index contributed by atoms with van der Waals surface area (Å²) in [5.41, 5.74) is 0.160. The Kier molecular flexibility index (Phi) is 3.12. The fourth-order valence-electron chi connectivity index (χ4n) is 6.01. The van der Waals surface area contributed by atoms with Crippen molar-refractivity contribution in [3.8, 4) is 0 Å². The van der Waals surface area contributed by atoms with Crippen LogP contribution in [0.25, 0.3) is 0 Å². The third-order valence-corrected chi connectivity index (χ3v) is 7.55. The standard InChI is InChI=1S/C20H25NO5/c1-11-4-5-13(8-12(11)2)21-16-15-19(6-7-25-16)9-14(23)18(3,26-19)20(15,10-22)17(21)24/h4-5,8,14-16,22-23H,6-7,9-10H2,1-3H3/t14-,15+,16+,18-,19+,20-/m1/s1. The van der Waals surface area contributed by atoms with Crippen LogP contribution in [0.1, 0.15) is 30.9 Å². The zero-order chi connectivity index (χ0) is 18.5. The van der Waals surface area contributed by atoms with E-state index in [-0.39, 0.29) is 18.4 Å². The van der Waals surface area contributed by atoms with E-state index in [1.165, 1.54) is 0 Å². The third kappa shape index (κ3) is 1.57. The fourth-order valence-corrected chi connectivity index (χ4v) is 6.01. The number of fused-ring (bicyclic) bond motifs is 2. The number of aliphatic hydroxyl groups excluding tert-OH is 2. The van der Waals surface area contributed by atoms with Gasteiger partial charge in [0.25, 0.3) is 0 Å². The van der Waals surface area contributed by atoms with Gasteiger partial charge in [-0.25, -0.2) is 0 Å². The molecule has 4 aliphatic rings. The van der Waals surface area contributed by atoms with E-state index in [2.05, 4.69) is 0 Å². The molecule has 26 heavy (non-hydrogen) atoms. The van der Waals surface area contributed by atoms with Crippen LogP contribution in [0.5, 0.6) is 0 Å². The van der Waals surface area contributed by atoms with Crippen molar-refractivity contribution in [3.63, 3.8) is 0 Å². The van der Waals surface area contributed by atoms with Gasteiger partial charge >= 0.3 is 0 Å². The van der Waals surface area contributed by atoms with Gasteiger partial charge < -0.3 is 19.7 Å². The van der Waals surface area contributed by atoms with Gasteiger partial charge in [0.05, 0.1) is 30.8 Å². The molecule has 4 heterocycles. The molecule has 4 saturated heterocycles. The van der Waals surface area contributed by atoms with Gasteiger partial charge in [0, 0.05) is 18.5 Å². The first-order valence-corrected chi connectivity index (χ1v) is 9.32. The van der Waals surface area contributed by atoms with Gasteiger partial charge in [-0.05, 0) is 44.0 Å². The average molecular weight is 359 g/mol. The number of amides is 1. The van der Waals surface area contributed by atoms with Gasteiger partial charge in [-0.2, -0.15) is 0 Å². The van der Waals surface area contributed by atoms with Crippen molar-refractivity contribution in [1.29, 1.82) is 0 Å². The van der Waals surface area contributed by atoms with E-state index in [0.29, 0.717) is 19.4 Å². The van der Waals surface area contributed by atoms with E-state index in [1.54, 1.807) is 11.8 Å². The number of anilines is 1. The quantitative estimate of drug-likeness (QED) is 0.832. The summed E-state index contributed by atoms with van der Waals surface area (Å²) in [5, 5.41) is 21.2. The molecule has 1 aromatic carbocycles. The molecule has 0 saturated carbocycles. The Labute approximate surface area is 152 Å². The highest BCUT2D eigenvalue weighted by Crippen LogP contribution is 2.70. The molecule has 1 aromatic rings. The maximum absolute atomic E-state index is 13.7. The SMILES string of the molecule is Cc1ccc(N2C(=O)[C@@]3(CO)[C@H]4[C@@H]2OCC[C@]42C[C@@H](O)[C@@]3(C)O2)cc1C. The lowest BCUT2D eigenvalue weighted by Gasteiger charge is -2.46. The smallest absolute Gasteiger partial charge is 0.241 e. The van der Waals surface area contributed by atoms with Crippen LogP contribution in [0.15, 0.2) is 18.2 Å². The molecule has 1 amide bonds. The lowest BCUT2D eigenvalue weighted by molar-refractivity contribution is -0.153. The molecule has 0 radical (unpaired) electrons. The molecule has 4 fully saturated rings. The van der Waals surface area contributed by atoms with Crippen molar-refractivity contribution in [2.24, 2.45) is 11.3 Å². The van der Waals surface area contributed by atoms with Crippen molar-refractivity contribution >= 4 is 11.6 Å². The van der Waals surface area contributed by atoms with E-state index in [1.807, 2.05) is 32.0 Å². The number of hydrogen-bond acceptors (Lipinski definition) is 5. The monoisotopic (exact) mass is 359 g/mol. The Bertz CT molecular complexity index is 811. The Hall–Kier alpha value is -1.47. The van der Waals surface area contributed by atoms with Gasteiger partial charge in [-0.1, -0.05) is 6.07 Å². The summed E-state index contributed by atoms with van der Waals surface area (Å²) in [6.07, 6.45) is -0.117. The minimum atomic E-state index is -1.17. The van der Waals surface area contributed by atoms with E-state index in [9.17, 15) is 15.0 Å². The van der Waals surface area contributed by atoms with Crippen LogP contribution in [0.2, 0.25) is 0 Å². The first-order valence-electron chi connectivity index (χ1n) is 9.32. The summed E-state index contributed by atoms with van der Waals surface area (Å²) in [7, 11) is 0. The highest BCUT2D eigenvalue weighted by atomic mass is 16.6. The van der Waals surface area contributed by atoms with Crippen molar-refractivity contribution < 1.29 is 24.5 Å². The number of carbonyl (C=O) groups excluding carboxylic acids is 1. The molecule has 1 spiro atoms. The molecular formula is C20H25NO5. The van der Waals surface area contributed by atoms with Crippen LogP contribution in [0, 0.1) is 25.2 Å². The Morgan fingerprint density at radius 3 is 2.77 bits per heavy atom. The van der Waals surface area contributed by atoms with Crippen LogP contribution >= 0.6 is 0 Å². The molecule has 0 aromatic heterocycles. The van der Waals surface area contributed by atoms with Crippen molar-refractivity contribution in [1.82, 2.24) is 0 Å². The normalized spacial score (nSPS) is 46.1. The number of ether oxygens (including phenoxy) is 2. The second-order valence-electron chi connectivity index (χ2n) is 8.56. The summed E-state index contributed by atoms with van der Waals surface area (Å²) < 4.78 is 12.4.